The SMILES string of the molecule is COC(=O)CC1Cc2ccccc2/C1=N\O.COC(=O)CC1Cc2ccccc2C1=O.O=C1CC2Cc3ccccc3C2C1. The number of hydrogen-bond donors (Lipinski definition) is 1. The molecule has 1 fully saturated rings. The molecule has 0 heterocycles. The molecular formula is C36H37NO7. The second-order valence-electron chi connectivity index (χ2n) is 11.7. The van der Waals surface area contributed by atoms with Gasteiger partial charge in [-0.15, -0.1) is 0 Å². The van der Waals surface area contributed by atoms with E-state index in [2.05, 4.69) is 38.9 Å². The lowest BCUT2D eigenvalue weighted by atomic mass is 9.97. The van der Waals surface area contributed by atoms with Crippen molar-refractivity contribution >= 4 is 29.2 Å². The van der Waals surface area contributed by atoms with Gasteiger partial charge in [-0.25, -0.2) is 0 Å². The van der Waals surface area contributed by atoms with Crippen LogP contribution >= 0.6 is 0 Å². The lowest BCUT2D eigenvalue weighted by Gasteiger charge is -2.07. The van der Waals surface area contributed by atoms with Crippen LogP contribution in [0, 0.1) is 17.8 Å². The summed E-state index contributed by atoms with van der Waals surface area (Å²) in [4.78, 5) is 45.4. The van der Waals surface area contributed by atoms with Gasteiger partial charge >= 0.3 is 11.9 Å². The van der Waals surface area contributed by atoms with Gasteiger partial charge in [-0.3, -0.25) is 19.2 Å². The second kappa shape index (κ2) is 13.8. The highest BCUT2D eigenvalue weighted by Crippen LogP contribution is 2.46. The molecule has 0 bridgehead atoms. The molecule has 4 atom stereocenters. The van der Waals surface area contributed by atoms with Crippen molar-refractivity contribution in [2.45, 2.75) is 50.9 Å². The van der Waals surface area contributed by atoms with E-state index in [0.29, 0.717) is 29.8 Å². The molecule has 0 spiro atoms. The summed E-state index contributed by atoms with van der Waals surface area (Å²) in [5, 5.41) is 12.3. The smallest absolute Gasteiger partial charge is 0.306 e. The van der Waals surface area contributed by atoms with Crippen molar-refractivity contribution in [3.8, 4) is 0 Å². The number of esters is 2. The fourth-order valence-electron chi connectivity index (χ4n) is 6.96. The van der Waals surface area contributed by atoms with Crippen molar-refractivity contribution in [1.82, 2.24) is 0 Å². The lowest BCUT2D eigenvalue weighted by Crippen LogP contribution is -2.16. The highest BCUT2D eigenvalue weighted by atomic mass is 16.5. The van der Waals surface area contributed by atoms with Gasteiger partial charge in [0.15, 0.2) is 5.78 Å². The predicted octanol–water partition coefficient (Wildman–Crippen LogP) is 5.51. The van der Waals surface area contributed by atoms with E-state index in [1.165, 1.54) is 25.3 Å². The summed E-state index contributed by atoms with van der Waals surface area (Å²) in [6.45, 7) is 0. The average Bonchev–Trinajstić information content (AvgIpc) is 3.77. The van der Waals surface area contributed by atoms with Crippen molar-refractivity contribution in [3.05, 3.63) is 106 Å². The molecule has 228 valence electrons. The number of nitrogens with zero attached hydrogens (tertiary/aromatic N) is 1. The molecule has 7 rings (SSSR count). The second-order valence-corrected chi connectivity index (χ2v) is 11.7. The summed E-state index contributed by atoms with van der Waals surface area (Å²) in [5.74, 6) is 0.818. The van der Waals surface area contributed by atoms with Gasteiger partial charge in [0.1, 0.15) is 5.78 Å². The van der Waals surface area contributed by atoms with Gasteiger partial charge in [0.2, 0.25) is 0 Å². The maximum atomic E-state index is 11.8. The molecule has 0 aromatic heterocycles. The number of Topliss-reactive ketones (excluding diaryl/α,β-unsaturated/α-hetero) is 2. The molecule has 0 radical (unpaired) electrons. The van der Waals surface area contributed by atoms with Crippen molar-refractivity contribution in [2.75, 3.05) is 14.2 Å². The van der Waals surface area contributed by atoms with Gasteiger partial charge < -0.3 is 14.7 Å². The van der Waals surface area contributed by atoms with E-state index >= 15 is 0 Å². The minimum Gasteiger partial charge on any atom is -0.469 e. The monoisotopic (exact) mass is 595 g/mol. The van der Waals surface area contributed by atoms with Gasteiger partial charge in [-0.1, -0.05) is 78.0 Å². The molecule has 0 aliphatic heterocycles. The number of ketones is 2. The lowest BCUT2D eigenvalue weighted by molar-refractivity contribution is -0.142. The molecule has 0 amide bonds. The van der Waals surface area contributed by atoms with Crippen LogP contribution in [-0.2, 0) is 43.1 Å². The van der Waals surface area contributed by atoms with Crippen LogP contribution in [-0.4, -0.2) is 48.6 Å². The molecule has 8 heteroatoms. The number of hydrogen-bond acceptors (Lipinski definition) is 8. The number of rotatable bonds is 4. The largest absolute Gasteiger partial charge is 0.469 e. The van der Waals surface area contributed by atoms with E-state index < -0.39 is 0 Å². The fourth-order valence-corrected chi connectivity index (χ4v) is 6.96. The maximum absolute atomic E-state index is 11.8. The number of methoxy groups -OCH3 is 2. The Bertz CT molecular complexity index is 1590. The zero-order valence-electron chi connectivity index (χ0n) is 25.0. The van der Waals surface area contributed by atoms with Gasteiger partial charge in [0.05, 0.1) is 32.8 Å². The quantitative estimate of drug-likeness (QED) is 0.240. The van der Waals surface area contributed by atoms with Gasteiger partial charge in [-0.05, 0) is 53.4 Å². The summed E-state index contributed by atoms with van der Waals surface area (Å²) in [5.41, 5.74) is 7.34. The molecule has 1 N–H and O–H groups in total. The molecular weight excluding hydrogens is 558 g/mol. The van der Waals surface area contributed by atoms with Crippen LogP contribution in [0.3, 0.4) is 0 Å². The van der Waals surface area contributed by atoms with Crippen LogP contribution in [0.2, 0.25) is 0 Å². The highest BCUT2D eigenvalue weighted by molar-refractivity contribution is 6.07. The third-order valence-electron chi connectivity index (χ3n) is 9.10. The number of fused-ring (bicyclic) bond motifs is 5. The predicted molar refractivity (Wildman–Crippen MR) is 164 cm³/mol. The third kappa shape index (κ3) is 6.64. The Labute approximate surface area is 257 Å². The Morgan fingerprint density at radius 3 is 1.89 bits per heavy atom. The van der Waals surface area contributed by atoms with E-state index in [9.17, 15) is 19.2 Å². The first-order chi connectivity index (χ1) is 21.3. The summed E-state index contributed by atoms with van der Waals surface area (Å²) >= 11 is 0. The summed E-state index contributed by atoms with van der Waals surface area (Å²) in [6.07, 6.45) is 4.57. The number of ether oxygens (including phenoxy) is 2. The highest BCUT2D eigenvalue weighted by Gasteiger charge is 2.39. The molecule has 0 saturated heterocycles. The zero-order chi connectivity index (χ0) is 31.2. The molecule has 8 nitrogen and oxygen atoms in total. The summed E-state index contributed by atoms with van der Waals surface area (Å²) in [7, 11) is 2.70. The Morgan fingerprint density at radius 2 is 1.25 bits per heavy atom. The van der Waals surface area contributed by atoms with E-state index in [0.717, 1.165) is 47.9 Å². The molecule has 4 aliphatic carbocycles. The Morgan fingerprint density at radius 1 is 0.705 bits per heavy atom. The zero-order valence-corrected chi connectivity index (χ0v) is 25.0. The Kier molecular flexibility index (Phi) is 9.68. The molecule has 44 heavy (non-hydrogen) atoms. The molecule has 4 unspecified atom stereocenters. The normalized spacial score (nSPS) is 22.9. The standard InChI is InChI=1S/C12H13NO3.C12H12O3.C12H12O/c1-16-11(14)7-9-6-8-4-2-3-5-10(8)12(9)13-15;1-15-11(13)7-9-6-8-4-2-3-5-10(8)12(9)14;13-10-6-9-5-8-3-1-2-4-11(8)12(9)7-10/h2-5,9,15H,6-7H2,1H3;2-5,9H,6-7H2,1H3;1-4,9,12H,5-7H2/b13-12-;;. The molecule has 3 aromatic rings. The number of benzene rings is 3. The third-order valence-corrected chi connectivity index (χ3v) is 9.10. The van der Waals surface area contributed by atoms with Gasteiger partial charge in [0.25, 0.3) is 0 Å². The van der Waals surface area contributed by atoms with E-state index in [-0.39, 0.29) is 42.4 Å². The van der Waals surface area contributed by atoms with Crippen molar-refractivity contribution < 1.29 is 33.9 Å². The van der Waals surface area contributed by atoms with E-state index in [1.54, 1.807) is 0 Å². The minimum atomic E-state index is -0.318. The van der Waals surface area contributed by atoms with E-state index in [4.69, 9.17) is 5.21 Å². The van der Waals surface area contributed by atoms with Gasteiger partial charge in [0, 0.05) is 35.8 Å². The summed E-state index contributed by atoms with van der Waals surface area (Å²) in [6, 6.07) is 23.8. The van der Waals surface area contributed by atoms with Crippen LogP contribution in [0.4, 0.5) is 0 Å². The first kappa shape index (κ1) is 30.9. The average molecular weight is 596 g/mol. The topological polar surface area (TPSA) is 119 Å². The Balaban J connectivity index is 0.000000131. The number of carbonyl (C=O) groups excluding carboxylic acids is 4. The first-order valence-electron chi connectivity index (χ1n) is 15.0. The van der Waals surface area contributed by atoms with Crippen LogP contribution in [0.25, 0.3) is 0 Å². The van der Waals surface area contributed by atoms with Crippen LogP contribution < -0.4 is 0 Å². The van der Waals surface area contributed by atoms with Gasteiger partial charge in [-0.2, -0.15) is 0 Å². The fraction of sp³-hybridized carbons (Fsp3) is 0.361. The molecule has 3 aromatic carbocycles. The van der Waals surface area contributed by atoms with Crippen LogP contribution in [0.1, 0.15) is 69.8 Å². The number of oxime groups is 1. The van der Waals surface area contributed by atoms with Crippen molar-refractivity contribution in [1.29, 1.82) is 0 Å². The maximum Gasteiger partial charge on any atom is 0.306 e. The minimum absolute atomic E-state index is 0.0657. The Hall–Kier alpha value is -4.59. The first-order valence-corrected chi connectivity index (χ1v) is 15.0. The molecule has 4 aliphatic rings. The van der Waals surface area contributed by atoms with Crippen molar-refractivity contribution in [2.24, 2.45) is 22.9 Å². The van der Waals surface area contributed by atoms with E-state index in [1.807, 2.05) is 48.5 Å². The molecule has 1 saturated carbocycles. The summed E-state index contributed by atoms with van der Waals surface area (Å²) < 4.78 is 9.20. The van der Waals surface area contributed by atoms with Crippen LogP contribution in [0.15, 0.2) is 78.0 Å². The van der Waals surface area contributed by atoms with Crippen molar-refractivity contribution in [3.63, 3.8) is 0 Å². The number of carbonyl (C=O) groups is 4. The van der Waals surface area contributed by atoms with Crippen LogP contribution in [0.5, 0.6) is 0 Å².